The first-order valence-corrected chi connectivity index (χ1v) is 13.6. The van der Waals surface area contributed by atoms with E-state index in [4.69, 9.17) is 9.47 Å². The zero-order valence-corrected chi connectivity index (χ0v) is 21.2. The van der Waals surface area contributed by atoms with Gasteiger partial charge in [0.15, 0.2) is 0 Å². The highest BCUT2D eigenvalue weighted by Gasteiger charge is 2.49. The van der Waals surface area contributed by atoms with Crippen molar-refractivity contribution in [2.24, 2.45) is 11.8 Å². The van der Waals surface area contributed by atoms with Gasteiger partial charge in [0.25, 0.3) is 0 Å². The summed E-state index contributed by atoms with van der Waals surface area (Å²) in [5.41, 5.74) is 0.370. The van der Waals surface area contributed by atoms with Crippen LogP contribution in [0.1, 0.15) is 38.2 Å². The molecule has 0 aromatic heterocycles. The zero-order valence-electron chi connectivity index (χ0n) is 20.3. The summed E-state index contributed by atoms with van der Waals surface area (Å²) in [6, 6.07) is 5.47. The Morgan fingerprint density at radius 2 is 1.89 bits per heavy atom. The highest BCUT2D eigenvalue weighted by Crippen LogP contribution is 2.36. The Morgan fingerprint density at radius 1 is 1.17 bits per heavy atom. The van der Waals surface area contributed by atoms with Gasteiger partial charge in [0.1, 0.15) is 41.7 Å². The van der Waals surface area contributed by atoms with Crippen LogP contribution < -0.4 is 10.6 Å². The van der Waals surface area contributed by atoms with Crippen molar-refractivity contribution in [3.05, 3.63) is 35.6 Å². The van der Waals surface area contributed by atoms with E-state index in [0.717, 1.165) is 18.4 Å². The molecule has 10 atom stereocenters. The molecule has 1 aromatic carbocycles. The van der Waals surface area contributed by atoms with Gasteiger partial charge in [-0.1, -0.05) is 26.0 Å². The van der Waals surface area contributed by atoms with E-state index in [1.54, 1.807) is 6.26 Å². The molecule has 10 heteroatoms. The van der Waals surface area contributed by atoms with Crippen LogP contribution in [-0.2, 0) is 14.3 Å². The number of halogens is 1. The molecule has 3 aliphatic heterocycles. The number of ether oxygens (including phenoxy) is 2. The van der Waals surface area contributed by atoms with Crippen molar-refractivity contribution in [2.45, 2.75) is 80.6 Å². The first-order chi connectivity index (χ1) is 16.7. The van der Waals surface area contributed by atoms with Crippen LogP contribution in [0.2, 0.25) is 0 Å². The molecule has 5 N–H and O–H groups in total. The third-order valence-corrected chi connectivity index (χ3v) is 8.46. The molecule has 0 spiro atoms. The Morgan fingerprint density at radius 3 is 2.54 bits per heavy atom. The van der Waals surface area contributed by atoms with Gasteiger partial charge in [0.2, 0.25) is 5.91 Å². The predicted molar refractivity (Wildman–Crippen MR) is 130 cm³/mol. The molecule has 3 heterocycles. The summed E-state index contributed by atoms with van der Waals surface area (Å²) < 4.78 is 25.4. The van der Waals surface area contributed by atoms with Crippen molar-refractivity contribution in [3.8, 4) is 0 Å². The standard InChI is InChI=1S/C25H37FN2O6S/c1-12(2)17(23-20(30)19(29)21(31)25(34-23)35-3)28-24(32)18-22-15(11-27-18)10-14(8-9-33-22)13-4-6-16(26)7-5-13/h4-7,12,14-15,17-23,25,27,29-31H,8-11H2,1-3H3,(H,28,32)/t14-,15-,17+,18-,19?,20?,21+,22+,23+,25?/m0/s1. The third kappa shape index (κ3) is 5.69. The summed E-state index contributed by atoms with van der Waals surface area (Å²) in [4.78, 5) is 13.4. The van der Waals surface area contributed by atoms with Crippen molar-refractivity contribution >= 4 is 17.7 Å². The van der Waals surface area contributed by atoms with Crippen LogP contribution in [0.25, 0.3) is 0 Å². The molecule has 0 saturated carbocycles. The van der Waals surface area contributed by atoms with Crippen LogP contribution >= 0.6 is 11.8 Å². The second-order valence-corrected chi connectivity index (χ2v) is 11.1. The number of nitrogens with one attached hydrogen (secondary N) is 2. The van der Waals surface area contributed by atoms with Gasteiger partial charge >= 0.3 is 0 Å². The predicted octanol–water partition coefficient (Wildman–Crippen LogP) is 0.988. The van der Waals surface area contributed by atoms with Crippen molar-refractivity contribution in [1.82, 2.24) is 10.6 Å². The van der Waals surface area contributed by atoms with Crippen molar-refractivity contribution in [1.29, 1.82) is 0 Å². The number of thioether (sulfide) groups is 1. The van der Waals surface area contributed by atoms with Crippen LogP contribution in [0, 0.1) is 17.7 Å². The first kappa shape index (κ1) is 26.8. The van der Waals surface area contributed by atoms with Crippen LogP contribution in [0.15, 0.2) is 24.3 Å². The molecule has 3 aliphatic rings. The summed E-state index contributed by atoms with van der Waals surface area (Å²) in [5.74, 6) is -0.226. The van der Waals surface area contributed by atoms with Crippen LogP contribution in [0.4, 0.5) is 4.39 Å². The fourth-order valence-electron chi connectivity index (χ4n) is 5.59. The van der Waals surface area contributed by atoms with Gasteiger partial charge in [0.05, 0.1) is 12.1 Å². The number of hydrogen-bond acceptors (Lipinski definition) is 8. The van der Waals surface area contributed by atoms with Gasteiger partial charge in [-0.15, -0.1) is 11.8 Å². The van der Waals surface area contributed by atoms with Gasteiger partial charge < -0.3 is 35.4 Å². The maximum atomic E-state index is 13.4. The number of aliphatic hydroxyl groups is 3. The summed E-state index contributed by atoms with van der Waals surface area (Å²) in [6.45, 7) is 4.96. The van der Waals surface area contributed by atoms with E-state index in [9.17, 15) is 24.5 Å². The number of amides is 1. The van der Waals surface area contributed by atoms with E-state index in [2.05, 4.69) is 10.6 Å². The summed E-state index contributed by atoms with van der Waals surface area (Å²) in [6.07, 6.45) is -1.69. The maximum absolute atomic E-state index is 13.4. The molecular weight excluding hydrogens is 475 g/mol. The van der Waals surface area contributed by atoms with E-state index in [1.165, 1.54) is 23.9 Å². The SMILES string of the molecule is CSC1O[C@H]([C@H](NC(=O)[C@H]2NC[C@@H]3C[C@@H](c4ccc(F)cc4)CCO[C@H]32)C(C)C)C(O)C(O)[C@H]1O. The molecule has 0 radical (unpaired) electrons. The molecule has 4 rings (SSSR count). The molecule has 8 nitrogen and oxygen atoms in total. The third-order valence-electron chi connectivity index (χ3n) is 7.60. The molecule has 35 heavy (non-hydrogen) atoms. The lowest BCUT2D eigenvalue weighted by atomic mass is 9.85. The van der Waals surface area contributed by atoms with Crippen LogP contribution in [0.5, 0.6) is 0 Å². The fourth-order valence-corrected chi connectivity index (χ4v) is 6.27. The van der Waals surface area contributed by atoms with E-state index in [-0.39, 0.29) is 35.6 Å². The average molecular weight is 513 g/mol. The highest BCUT2D eigenvalue weighted by atomic mass is 32.2. The van der Waals surface area contributed by atoms with Crippen molar-refractivity contribution < 1.29 is 34.0 Å². The van der Waals surface area contributed by atoms with Crippen LogP contribution in [0.3, 0.4) is 0 Å². The van der Waals surface area contributed by atoms with Crippen molar-refractivity contribution in [3.63, 3.8) is 0 Å². The lowest BCUT2D eigenvalue weighted by Gasteiger charge is -2.44. The molecule has 196 valence electrons. The fraction of sp³-hybridized carbons (Fsp3) is 0.720. The smallest absolute Gasteiger partial charge is 0.240 e. The van der Waals surface area contributed by atoms with E-state index in [0.29, 0.717) is 13.2 Å². The number of aliphatic hydroxyl groups excluding tert-OH is 3. The quantitative estimate of drug-likeness (QED) is 0.383. The number of carbonyl (C=O) groups is 1. The minimum absolute atomic E-state index is 0.0985. The van der Waals surface area contributed by atoms with Gasteiger partial charge in [0, 0.05) is 19.1 Å². The Bertz CT molecular complexity index is 859. The second-order valence-electron chi connectivity index (χ2n) is 10.2. The molecule has 3 fully saturated rings. The lowest BCUT2D eigenvalue weighted by Crippen LogP contribution is -2.65. The van der Waals surface area contributed by atoms with E-state index < -0.39 is 41.9 Å². The Kier molecular flexibility index (Phi) is 8.73. The summed E-state index contributed by atoms with van der Waals surface area (Å²) in [5, 5.41) is 37.5. The largest absolute Gasteiger partial charge is 0.388 e. The summed E-state index contributed by atoms with van der Waals surface area (Å²) in [7, 11) is 0. The first-order valence-electron chi connectivity index (χ1n) is 12.3. The lowest BCUT2D eigenvalue weighted by molar-refractivity contribution is -0.208. The number of benzene rings is 1. The Labute approximate surface area is 210 Å². The number of rotatable bonds is 6. The minimum atomic E-state index is -1.37. The zero-order chi connectivity index (χ0) is 25.3. The Balaban J connectivity index is 1.44. The molecule has 1 amide bonds. The minimum Gasteiger partial charge on any atom is -0.388 e. The summed E-state index contributed by atoms with van der Waals surface area (Å²) >= 11 is 1.24. The maximum Gasteiger partial charge on any atom is 0.240 e. The van der Waals surface area contributed by atoms with Gasteiger partial charge in [-0.3, -0.25) is 4.79 Å². The van der Waals surface area contributed by atoms with Crippen LogP contribution in [-0.4, -0.2) is 88.7 Å². The molecular formula is C25H37FN2O6S. The van der Waals surface area contributed by atoms with E-state index >= 15 is 0 Å². The number of fused-ring (bicyclic) bond motifs is 1. The molecule has 1 aromatic rings. The average Bonchev–Trinajstić information content (AvgIpc) is 3.12. The molecule has 3 saturated heterocycles. The van der Waals surface area contributed by atoms with Gasteiger partial charge in [-0.25, -0.2) is 4.39 Å². The second kappa shape index (κ2) is 11.4. The topological polar surface area (TPSA) is 120 Å². The highest BCUT2D eigenvalue weighted by molar-refractivity contribution is 7.99. The molecule has 0 aliphatic carbocycles. The van der Waals surface area contributed by atoms with E-state index in [1.807, 2.05) is 26.0 Å². The number of hydrogen-bond donors (Lipinski definition) is 5. The normalized spacial score (nSPS) is 38.6. The Hall–Kier alpha value is -1.27. The van der Waals surface area contributed by atoms with Gasteiger partial charge in [-0.2, -0.15) is 0 Å². The number of carbonyl (C=O) groups excluding carboxylic acids is 1. The molecule has 3 unspecified atom stereocenters. The monoisotopic (exact) mass is 512 g/mol. The van der Waals surface area contributed by atoms with Crippen molar-refractivity contribution in [2.75, 3.05) is 19.4 Å². The van der Waals surface area contributed by atoms with Gasteiger partial charge in [-0.05, 0) is 48.6 Å². The molecule has 0 bridgehead atoms.